The Kier molecular flexibility index (Phi) is 6.03. The van der Waals surface area contributed by atoms with E-state index in [4.69, 9.17) is 16.3 Å². The lowest BCUT2D eigenvalue weighted by Gasteiger charge is -2.26. The molecule has 0 spiro atoms. The number of piperidine rings is 1. The van der Waals surface area contributed by atoms with Crippen molar-refractivity contribution in [1.29, 1.82) is 0 Å². The fourth-order valence-corrected chi connectivity index (χ4v) is 2.22. The highest BCUT2D eigenvalue weighted by Crippen LogP contribution is 2.18. The van der Waals surface area contributed by atoms with E-state index in [1.807, 2.05) is 6.92 Å². The molecule has 1 aliphatic rings. The molecule has 88 valence electrons. The third-order valence-electron chi connectivity index (χ3n) is 2.67. The van der Waals surface area contributed by atoms with Crippen LogP contribution in [0.5, 0.6) is 0 Å². The Morgan fingerprint density at radius 1 is 1.60 bits per heavy atom. The number of carbonyl (C=O) groups is 1. The Morgan fingerprint density at radius 3 is 3.07 bits per heavy atom. The van der Waals surface area contributed by atoms with Gasteiger partial charge in [0.2, 0.25) is 0 Å². The van der Waals surface area contributed by atoms with Crippen LogP contribution in [0.2, 0.25) is 0 Å². The number of hydrogen-bond acceptors (Lipinski definition) is 3. The van der Waals surface area contributed by atoms with E-state index in [1.54, 1.807) is 0 Å². The van der Waals surface area contributed by atoms with Crippen molar-refractivity contribution in [3.63, 3.8) is 0 Å². The normalized spacial score (nSPS) is 26.3. The second kappa shape index (κ2) is 7.07. The molecule has 0 bridgehead atoms. The summed E-state index contributed by atoms with van der Waals surface area (Å²) in [7, 11) is 0. The van der Waals surface area contributed by atoms with Crippen molar-refractivity contribution in [1.82, 2.24) is 5.32 Å². The third-order valence-corrected chi connectivity index (χ3v) is 3.07. The molecule has 1 N–H and O–H groups in total. The zero-order valence-electron chi connectivity index (χ0n) is 9.30. The fraction of sp³-hybridized carbons (Fsp3) is 0.909. The highest BCUT2D eigenvalue weighted by Gasteiger charge is 2.19. The van der Waals surface area contributed by atoms with E-state index in [9.17, 15) is 4.79 Å². The molecule has 0 amide bonds. The molecule has 0 radical (unpaired) electrons. The van der Waals surface area contributed by atoms with Crippen molar-refractivity contribution < 1.29 is 9.53 Å². The average Bonchev–Trinajstić information content (AvgIpc) is 2.18. The number of hydrogen-bond donors (Lipinski definition) is 1. The van der Waals surface area contributed by atoms with Gasteiger partial charge < -0.3 is 10.1 Å². The maximum absolute atomic E-state index is 11.1. The van der Waals surface area contributed by atoms with Gasteiger partial charge in [0, 0.05) is 17.8 Å². The quantitative estimate of drug-likeness (QED) is 0.584. The molecule has 1 heterocycles. The molecule has 1 aliphatic heterocycles. The monoisotopic (exact) mass is 233 g/mol. The fourth-order valence-electron chi connectivity index (χ4n) is 1.90. The van der Waals surface area contributed by atoms with Gasteiger partial charge in [0.05, 0.1) is 6.61 Å². The first kappa shape index (κ1) is 12.8. The van der Waals surface area contributed by atoms with Gasteiger partial charge in [0.1, 0.15) is 0 Å². The van der Waals surface area contributed by atoms with E-state index < -0.39 is 0 Å². The summed E-state index contributed by atoms with van der Waals surface area (Å²) in [5.41, 5.74) is 0. The van der Waals surface area contributed by atoms with Crippen molar-refractivity contribution in [3.8, 4) is 0 Å². The number of nitrogens with one attached hydrogen (secondary N) is 1. The first-order chi connectivity index (χ1) is 7.22. The van der Waals surface area contributed by atoms with Gasteiger partial charge >= 0.3 is 5.97 Å². The van der Waals surface area contributed by atoms with Crippen LogP contribution in [0.1, 0.15) is 39.0 Å². The van der Waals surface area contributed by atoms with Gasteiger partial charge in [0.15, 0.2) is 0 Å². The standard InChI is InChI=1S/C11H20ClNO2/c1-2-15-11(14)5-3-4-10-8-9(12)6-7-13-10/h9-10,13H,2-8H2,1H3. The minimum absolute atomic E-state index is 0.0873. The van der Waals surface area contributed by atoms with E-state index >= 15 is 0 Å². The Bertz CT molecular complexity index is 199. The molecular formula is C11H20ClNO2. The molecule has 1 saturated heterocycles. The Morgan fingerprint density at radius 2 is 2.40 bits per heavy atom. The minimum atomic E-state index is -0.0873. The highest BCUT2D eigenvalue weighted by atomic mass is 35.5. The lowest BCUT2D eigenvalue weighted by atomic mass is 9.99. The highest BCUT2D eigenvalue weighted by molar-refractivity contribution is 6.20. The first-order valence-electron chi connectivity index (χ1n) is 5.75. The number of ether oxygens (including phenoxy) is 1. The summed E-state index contributed by atoms with van der Waals surface area (Å²) in [6, 6.07) is 0.482. The predicted octanol–water partition coefficient (Wildman–Crippen LogP) is 2.08. The SMILES string of the molecule is CCOC(=O)CCCC1CC(Cl)CCN1. The second-order valence-electron chi connectivity index (χ2n) is 3.97. The molecule has 2 unspecified atom stereocenters. The van der Waals surface area contributed by atoms with Crippen molar-refractivity contribution in [2.75, 3.05) is 13.2 Å². The van der Waals surface area contributed by atoms with Gasteiger partial charge in [-0.05, 0) is 39.2 Å². The van der Waals surface area contributed by atoms with Gasteiger partial charge in [-0.25, -0.2) is 0 Å². The molecule has 0 aliphatic carbocycles. The summed E-state index contributed by atoms with van der Waals surface area (Å²) in [4.78, 5) is 11.1. The summed E-state index contributed by atoms with van der Waals surface area (Å²) in [5.74, 6) is -0.0873. The predicted molar refractivity (Wildman–Crippen MR) is 61.1 cm³/mol. The molecule has 0 aromatic rings. The Balaban J connectivity index is 2.06. The van der Waals surface area contributed by atoms with Crippen LogP contribution in [0.3, 0.4) is 0 Å². The number of halogens is 1. The van der Waals surface area contributed by atoms with Gasteiger partial charge in [-0.3, -0.25) is 4.79 Å². The maximum Gasteiger partial charge on any atom is 0.305 e. The molecular weight excluding hydrogens is 214 g/mol. The molecule has 1 rings (SSSR count). The Hall–Kier alpha value is -0.280. The number of esters is 1. The van der Waals surface area contributed by atoms with Crippen LogP contribution in [-0.4, -0.2) is 30.5 Å². The summed E-state index contributed by atoms with van der Waals surface area (Å²) in [6.07, 6.45) is 4.50. The largest absolute Gasteiger partial charge is 0.466 e. The van der Waals surface area contributed by atoms with Crippen molar-refractivity contribution in [2.24, 2.45) is 0 Å². The molecule has 0 aromatic heterocycles. The Labute approximate surface area is 96.5 Å². The lowest BCUT2D eigenvalue weighted by molar-refractivity contribution is -0.143. The smallest absolute Gasteiger partial charge is 0.305 e. The summed E-state index contributed by atoms with van der Waals surface area (Å²) < 4.78 is 4.87. The van der Waals surface area contributed by atoms with E-state index in [-0.39, 0.29) is 5.97 Å². The minimum Gasteiger partial charge on any atom is -0.466 e. The summed E-state index contributed by atoms with van der Waals surface area (Å²) in [5, 5.41) is 3.72. The molecule has 15 heavy (non-hydrogen) atoms. The summed E-state index contributed by atoms with van der Waals surface area (Å²) in [6.45, 7) is 3.31. The topological polar surface area (TPSA) is 38.3 Å². The lowest BCUT2D eigenvalue weighted by Crippen LogP contribution is -2.38. The van der Waals surface area contributed by atoms with E-state index in [2.05, 4.69) is 5.32 Å². The van der Waals surface area contributed by atoms with Crippen LogP contribution >= 0.6 is 11.6 Å². The van der Waals surface area contributed by atoms with E-state index in [0.717, 1.165) is 32.2 Å². The molecule has 0 saturated carbocycles. The molecule has 4 heteroatoms. The van der Waals surface area contributed by atoms with Crippen molar-refractivity contribution in [3.05, 3.63) is 0 Å². The first-order valence-corrected chi connectivity index (χ1v) is 6.19. The maximum atomic E-state index is 11.1. The zero-order valence-corrected chi connectivity index (χ0v) is 10.1. The number of carbonyl (C=O) groups excluding carboxylic acids is 1. The van der Waals surface area contributed by atoms with Gasteiger partial charge in [-0.2, -0.15) is 0 Å². The molecule has 0 aromatic carbocycles. The van der Waals surface area contributed by atoms with E-state index in [1.165, 1.54) is 0 Å². The van der Waals surface area contributed by atoms with Gasteiger partial charge in [-0.15, -0.1) is 11.6 Å². The van der Waals surface area contributed by atoms with Crippen molar-refractivity contribution >= 4 is 17.6 Å². The van der Waals surface area contributed by atoms with Crippen LogP contribution in [0, 0.1) is 0 Å². The van der Waals surface area contributed by atoms with Crippen LogP contribution in [-0.2, 0) is 9.53 Å². The molecule has 2 atom stereocenters. The average molecular weight is 234 g/mol. The summed E-state index contributed by atoms with van der Waals surface area (Å²) >= 11 is 6.07. The number of alkyl halides is 1. The van der Waals surface area contributed by atoms with E-state index in [0.29, 0.717) is 24.4 Å². The molecule has 3 nitrogen and oxygen atoms in total. The third kappa shape index (κ3) is 5.38. The van der Waals surface area contributed by atoms with Crippen LogP contribution < -0.4 is 5.32 Å². The van der Waals surface area contributed by atoms with Crippen LogP contribution in [0.4, 0.5) is 0 Å². The van der Waals surface area contributed by atoms with Gasteiger partial charge in [0.25, 0.3) is 0 Å². The van der Waals surface area contributed by atoms with Gasteiger partial charge in [-0.1, -0.05) is 0 Å². The zero-order chi connectivity index (χ0) is 11.1. The number of rotatable bonds is 5. The second-order valence-corrected chi connectivity index (χ2v) is 4.59. The van der Waals surface area contributed by atoms with Crippen LogP contribution in [0.15, 0.2) is 0 Å². The van der Waals surface area contributed by atoms with Crippen LogP contribution in [0.25, 0.3) is 0 Å². The molecule has 1 fully saturated rings. The van der Waals surface area contributed by atoms with Crippen molar-refractivity contribution in [2.45, 2.75) is 50.4 Å².